The lowest BCUT2D eigenvalue weighted by molar-refractivity contribution is -0.168. The lowest BCUT2D eigenvalue weighted by Gasteiger charge is -2.26. The number of methoxy groups -OCH3 is 2. The van der Waals surface area contributed by atoms with Crippen LogP contribution in [0.4, 0.5) is 0 Å². The summed E-state index contributed by atoms with van der Waals surface area (Å²) in [5.41, 5.74) is 0.736. The second-order valence-corrected chi connectivity index (χ2v) is 3.56. The van der Waals surface area contributed by atoms with Gasteiger partial charge in [-0.2, -0.15) is 0 Å². The highest BCUT2D eigenvalue weighted by Gasteiger charge is 2.36. The minimum Gasteiger partial charge on any atom is -0.359 e. The molecule has 0 saturated carbocycles. The van der Waals surface area contributed by atoms with Gasteiger partial charge in [0.2, 0.25) is 0 Å². The van der Waals surface area contributed by atoms with Gasteiger partial charge in [-0.1, -0.05) is 0 Å². The number of ether oxygens (including phenoxy) is 4. The second kappa shape index (κ2) is 4.89. The molecule has 1 aliphatic heterocycles. The van der Waals surface area contributed by atoms with Crippen molar-refractivity contribution in [2.24, 2.45) is 0 Å². The molecule has 0 radical (unpaired) electrons. The van der Waals surface area contributed by atoms with Crippen LogP contribution in [0.15, 0.2) is 11.6 Å². The monoisotopic (exact) mass is 202 g/mol. The Balaban J connectivity index is 2.46. The quantitative estimate of drug-likeness (QED) is 0.383. The predicted molar refractivity (Wildman–Crippen MR) is 51.9 cm³/mol. The molecule has 1 aliphatic rings. The normalized spacial score (nSPS) is 32.0. The Morgan fingerprint density at radius 2 is 2.21 bits per heavy atom. The van der Waals surface area contributed by atoms with Crippen LogP contribution in [0.2, 0.25) is 0 Å². The average molecular weight is 202 g/mol. The molecule has 0 N–H and O–H groups in total. The Bertz CT molecular complexity index is 214. The van der Waals surface area contributed by atoms with Crippen LogP contribution >= 0.6 is 0 Å². The van der Waals surface area contributed by atoms with Gasteiger partial charge in [0.1, 0.15) is 12.4 Å². The van der Waals surface area contributed by atoms with E-state index in [0.717, 1.165) is 5.57 Å². The largest absolute Gasteiger partial charge is 0.359 e. The van der Waals surface area contributed by atoms with Crippen LogP contribution in [0.3, 0.4) is 0 Å². The molecule has 4 nitrogen and oxygen atoms in total. The van der Waals surface area contributed by atoms with Crippen molar-refractivity contribution in [3.8, 4) is 0 Å². The first kappa shape index (κ1) is 11.7. The molecule has 0 aromatic carbocycles. The summed E-state index contributed by atoms with van der Waals surface area (Å²) in [6.07, 6.45) is 1.70. The zero-order valence-electron chi connectivity index (χ0n) is 9.20. The molecule has 0 saturated heterocycles. The van der Waals surface area contributed by atoms with Crippen molar-refractivity contribution in [3.05, 3.63) is 11.6 Å². The second-order valence-electron chi connectivity index (χ2n) is 3.56. The fourth-order valence-corrected chi connectivity index (χ4v) is 1.35. The first-order valence-electron chi connectivity index (χ1n) is 4.58. The number of rotatable bonds is 5. The standard InChI is InChI=1S/C10H18O4/c1-8-5-9(12-4)14-10(8,2)6-13-7-11-3/h5,9H,6-7H2,1-4H3/t9?,10-/m1/s1. The summed E-state index contributed by atoms with van der Waals surface area (Å²) in [5, 5.41) is 0. The first-order valence-corrected chi connectivity index (χ1v) is 4.58. The molecule has 1 rings (SSSR count). The van der Waals surface area contributed by atoms with E-state index >= 15 is 0 Å². The number of hydrogen-bond acceptors (Lipinski definition) is 4. The summed E-state index contributed by atoms with van der Waals surface area (Å²) in [7, 11) is 3.22. The Hall–Kier alpha value is -0.420. The highest BCUT2D eigenvalue weighted by Crippen LogP contribution is 2.30. The molecule has 2 atom stereocenters. The molecule has 14 heavy (non-hydrogen) atoms. The molecule has 0 aliphatic carbocycles. The summed E-state index contributed by atoms with van der Waals surface area (Å²) in [6, 6.07) is 0. The highest BCUT2D eigenvalue weighted by atomic mass is 16.7. The Labute approximate surface area is 84.8 Å². The Morgan fingerprint density at radius 1 is 1.50 bits per heavy atom. The molecule has 1 heterocycles. The van der Waals surface area contributed by atoms with Crippen LogP contribution < -0.4 is 0 Å². The third-order valence-corrected chi connectivity index (χ3v) is 2.41. The molecule has 82 valence electrons. The van der Waals surface area contributed by atoms with Crippen molar-refractivity contribution in [1.29, 1.82) is 0 Å². The molecule has 0 fully saturated rings. The minimum absolute atomic E-state index is 0.258. The van der Waals surface area contributed by atoms with E-state index in [1.807, 2.05) is 19.9 Å². The van der Waals surface area contributed by atoms with Crippen molar-refractivity contribution in [3.63, 3.8) is 0 Å². The van der Waals surface area contributed by atoms with Crippen molar-refractivity contribution in [2.75, 3.05) is 27.6 Å². The lowest BCUT2D eigenvalue weighted by Crippen LogP contribution is -2.34. The maximum Gasteiger partial charge on any atom is 0.178 e. The van der Waals surface area contributed by atoms with E-state index in [0.29, 0.717) is 6.61 Å². The molecule has 0 aromatic heterocycles. The van der Waals surface area contributed by atoms with E-state index < -0.39 is 0 Å². The fourth-order valence-electron chi connectivity index (χ4n) is 1.35. The zero-order valence-corrected chi connectivity index (χ0v) is 9.20. The van der Waals surface area contributed by atoms with Gasteiger partial charge in [0.05, 0.1) is 6.61 Å². The van der Waals surface area contributed by atoms with E-state index in [-0.39, 0.29) is 18.7 Å². The van der Waals surface area contributed by atoms with Crippen LogP contribution in [0.5, 0.6) is 0 Å². The summed E-state index contributed by atoms with van der Waals surface area (Å²) >= 11 is 0. The SMILES string of the molecule is COCOC[C@@]1(C)OC(OC)C=C1C. The van der Waals surface area contributed by atoms with Gasteiger partial charge < -0.3 is 18.9 Å². The van der Waals surface area contributed by atoms with Gasteiger partial charge in [-0.05, 0) is 25.5 Å². The predicted octanol–water partition coefficient (Wildman–Crippen LogP) is 1.31. The van der Waals surface area contributed by atoms with Crippen molar-refractivity contribution < 1.29 is 18.9 Å². The number of hydrogen-bond donors (Lipinski definition) is 0. The molecule has 4 heteroatoms. The van der Waals surface area contributed by atoms with E-state index in [1.54, 1.807) is 14.2 Å². The van der Waals surface area contributed by atoms with Crippen molar-refractivity contribution in [2.45, 2.75) is 25.7 Å². The van der Waals surface area contributed by atoms with Crippen LogP contribution in [0.1, 0.15) is 13.8 Å². The van der Waals surface area contributed by atoms with Crippen molar-refractivity contribution in [1.82, 2.24) is 0 Å². The van der Waals surface area contributed by atoms with E-state index in [2.05, 4.69) is 0 Å². The third kappa shape index (κ3) is 2.54. The zero-order chi connectivity index (χ0) is 10.6. The van der Waals surface area contributed by atoms with Crippen molar-refractivity contribution >= 4 is 0 Å². The Kier molecular flexibility index (Phi) is 4.07. The van der Waals surface area contributed by atoms with E-state index in [9.17, 15) is 0 Å². The average Bonchev–Trinajstić information content (AvgIpc) is 2.44. The van der Waals surface area contributed by atoms with Crippen LogP contribution in [-0.2, 0) is 18.9 Å². The topological polar surface area (TPSA) is 36.9 Å². The summed E-state index contributed by atoms with van der Waals surface area (Å²) in [4.78, 5) is 0. The molecular weight excluding hydrogens is 184 g/mol. The molecule has 0 spiro atoms. The summed E-state index contributed by atoms with van der Waals surface area (Å²) < 4.78 is 20.9. The fraction of sp³-hybridized carbons (Fsp3) is 0.800. The van der Waals surface area contributed by atoms with Gasteiger partial charge >= 0.3 is 0 Å². The highest BCUT2D eigenvalue weighted by molar-refractivity contribution is 5.19. The van der Waals surface area contributed by atoms with Crippen LogP contribution in [-0.4, -0.2) is 39.5 Å². The first-order chi connectivity index (χ1) is 6.62. The van der Waals surface area contributed by atoms with Gasteiger partial charge in [0, 0.05) is 14.2 Å². The maximum absolute atomic E-state index is 5.66. The molecule has 1 unspecified atom stereocenters. The summed E-state index contributed by atoms with van der Waals surface area (Å²) in [6.45, 7) is 4.75. The molecule has 0 bridgehead atoms. The van der Waals surface area contributed by atoms with Gasteiger partial charge in [0.25, 0.3) is 0 Å². The smallest absolute Gasteiger partial charge is 0.178 e. The van der Waals surface area contributed by atoms with E-state index in [4.69, 9.17) is 18.9 Å². The third-order valence-electron chi connectivity index (χ3n) is 2.41. The molecular formula is C10H18O4. The van der Waals surface area contributed by atoms with Gasteiger partial charge in [0.15, 0.2) is 6.29 Å². The maximum atomic E-state index is 5.66. The van der Waals surface area contributed by atoms with Gasteiger partial charge in [-0.15, -0.1) is 0 Å². The lowest BCUT2D eigenvalue weighted by atomic mass is 10.0. The van der Waals surface area contributed by atoms with Gasteiger partial charge in [-0.3, -0.25) is 0 Å². The van der Waals surface area contributed by atoms with Crippen LogP contribution in [0, 0.1) is 0 Å². The Morgan fingerprint density at radius 3 is 2.71 bits per heavy atom. The molecule has 0 aromatic rings. The molecule has 0 amide bonds. The minimum atomic E-state index is -0.390. The van der Waals surface area contributed by atoms with Gasteiger partial charge in [-0.25, -0.2) is 0 Å². The summed E-state index contributed by atoms with van der Waals surface area (Å²) in [5.74, 6) is 0. The van der Waals surface area contributed by atoms with E-state index in [1.165, 1.54) is 0 Å². The van der Waals surface area contributed by atoms with Crippen LogP contribution in [0.25, 0.3) is 0 Å².